The lowest BCUT2D eigenvalue weighted by molar-refractivity contribution is 0.414. The van der Waals surface area contributed by atoms with Crippen LogP contribution in [0.15, 0.2) is 54.9 Å². The van der Waals surface area contributed by atoms with E-state index in [0.717, 1.165) is 19.6 Å². The quantitative estimate of drug-likeness (QED) is 0.923. The first-order valence-electron chi connectivity index (χ1n) is 7.34. The van der Waals surface area contributed by atoms with Crippen LogP contribution in [-0.2, 0) is 6.54 Å². The first-order valence-corrected chi connectivity index (χ1v) is 7.34. The molecule has 0 aliphatic carbocycles. The van der Waals surface area contributed by atoms with E-state index in [2.05, 4.69) is 57.7 Å². The van der Waals surface area contributed by atoms with Crippen LogP contribution < -0.4 is 10.2 Å². The summed E-state index contributed by atoms with van der Waals surface area (Å²) in [5.74, 6) is 0. The number of piperidine rings is 1. The molecule has 0 amide bonds. The Labute approximate surface area is 120 Å². The molecule has 0 saturated carbocycles. The van der Waals surface area contributed by atoms with Gasteiger partial charge in [0.15, 0.2) is 0 Å². The van der Waals surface area contributed by atoms with E-state index in [1.54, 1.807) is 0 Å². The minimum absolute atomic E-state index is 0.633. The van der Waals surface area contributed by atoms with Crippen LogP contribution in [-0.4, -0.2) is 24.1 Å². The minimum atomic E-state index is 0.633. The second-order valence-corrected chi connectivity index (χ2v) is 5.33. The van der Waals surface area contributed by atoms with Gasteiger partial charge in [-0.15, -0.1) is 0 Å². The molecule has 2 heterocycles. The van der Waals surface area contributed by atoms with Gasteiger partial charge in [-0.25, -0.2) is 0 Å². The Balaban J connectivity index is 1.47. The molecule has 0 atom stereocenters. The molecule has 1 aliphatic heterocycles. The summed E-state index contributed by atoms with van der Waals surface area (Å²) in [6, 6.07) is 15.4. The van der Waals surface area contributed by atoms with E-state index in [9.17, 15) is 0 Å². The van der Waals surface area contributed by atoms with Crippen molar-refractivity contribution >= 4 is 5.69 Å². The average Bonchev–Trinajstić information content (AvgIpc) is 2.55. The number of nitrogens with one attached hydrogen (secondary N) is 1. The molecule has 0 spiro atoms. The van der Waals surface area contributed by atoms with Crippen molar-refractivity contribution in [3.63, 3.8) is 0 Å². The molecule has 3 rings (SSSR count). The summed E-state index contributed by atoms with van der Waals surface area (Å²) < 4.78 is 0. The van der Waals surface area contributed by atoms with Crippen molar-refractivity contribution in [1.29, 1.82) is 0 Å². The molecular weight excluding hydrogens is 246 g/mol. The lowest BCUT2D eigenvalue weighted by atomic mass is 10.0. The van der Waals surface area contributed by atoms with Gasteiger partial charge in [0.2, 0.25) is 0 Å². The second kappa shape index (κ2) is 6.53. The zero-order valence-electron chi connectivity index (χ0n) is 11.7. The SMILES string of the molecule is c1ccc(CNC2CCN(c3ccncc3)CC2)cc1. The van der Waals surface area contributed by atoms with Gasteiger partial charge in [-0.05, 0) is 30.5 Å². The fraction of sp³-hybridized carbons (Fsp3) is 0.353. The molecule has 1 N–H and O–H groups in total. The topological polar surface area (TPSA) is 28.2 Å². The number of aromatic nitrogens is 1. The first kappa shape index (κ1) is 13.1. The number of anilines is 1. The summed E-state index contributed by atoms with van der Waals surface area (Å²) in [7, 11) is 0. The lowest BCUT2D eigenvalue weighted by Gasteiger charge is -2.34. The molecule has 20 heavy (non-hydrogen) atoms. The van der Waals surface area contributed by atoms with Gasteiger partial charge in [0.1, 0.15) is 0 Å². The summed E-state index contributed by atoms with van der Waals surface area (Å²) in [4.78, 5) is 6.53. The molecule has 1 aromatic carbocycles. The lowest BCUT2D eigenvalue weighted by Crippen LogP contribution is -2.42. The summed E-state index contributed by atoms with van der Waals surface area (Å²) in [5.41, 5.74) is 2.66. The van der Waals surface area contributed by atoms with Crippen LogP contribution in [0.4, 0.5) is 5.69 Å². The molecular formula is C17H21N3. The van der Waals surface area contributed by atoms with Gasteiger partial charge in [0, 0.05) is 43.8 Å². The Morgan fingerprint density at radius 1 is 1.00 bits per heavy atom. The summed E-state index contributed by atoms with van der Waals surface area (Å²) in [6.07, 6.45) is 6.15. The van der Waals surface area contributed by atoms with Crippen LogP contribution in [0.25, 0.3) is 0 Å². The molecule has 0 bridgehead atoms. The van der Waals surface area contributed by atoms with Gasteiger partial charge in [-0.3, -0.25) is 4.98 Å². The van der Waals surface area contributed by atoms with Crippen molar-refractivity contribution in [3.8, 4) is 0 Å². The molecule has 104 valence electrons. The fourth-order valence-electron chi connectivity index (χ4n) is 2.75. The van der Waals surface area contributed by atoms with Gasteiger partial charge in [0.05, 0.1) is 0 Å². The summed E-state index contributed by atoms with van der Waals surface area (Å²) >= 11 is 0. The second-order valence-electron chi connectivity index (χ2n) is 5.33. The van der Waals surface area contributed by atoms with Crippen molar-refractivity contribution in [1.82, 2.24) is 10.3 Å². The maximum Gasteiger partial charge on any atom is 0.0397 e. The van der Waals surface area contributed by atoms with Gasteiger partial charge >= 0.3 is 0 Å². The van der Waals surface area contributed by atoms with Gasteiger partial charge in [0.25, 0.3) is 0 Å². The monoisotopic (exact) mass is 267 g/mol. The molecule has 3 heteroatoms. The molecule has 0 radical (unpaired) electrons. The van der Waals surface area contributed by atoms with Gasteiger partial charge < -0.3 is 10.2 Å². The molecule has 1 aliphatic rings. The Morgan fingerprint density at radius 2 is 1.70 bits per heavy atom. The average molecular weight is 267 g/mol. The number of rotatable bonds is 4. The minimum Gasteiger partial charge on any atom is -0.371 e. The van der Waals surface area contributed by atoms with Crippen molar-refractivity contribution in [2.45, 2.75) is 25.4 Å². The van der Waals surface area contributed by atoms with Crippen LogP contribution in [0.5, 0.6) is 0 Å². The van der Waals surface area contributed by atoms with Crippen LogP contribution in [0.3, 0.4) is 0 Å². The first-order chi connectivity index (χ1) is 9.92. The van der Waals surface area contributed by atoms with E-state index in [-0.39, 0.29) is 0 Å². The highest BCUT2D eigenvalue weighted by atomic mass is 15.1. The standard InChI is InChI=1S/C17H21N3/c1-2-4-15(5-3-1)14-19-16-8-12-20(13-9-16)17-6-10-18-11-7-17/h1-7,10-11,16,19H,8-9,12-14H2. The Kier molecular flexibility index (Phi) is 4.28. The number of nitrogens with zero attached hydrogens (tertiary/aromatic N) is 2. The number of hydrogen-bond donors (Lipinski definition) is 1. The van der Waals surface area contributed by atoms with Crippen LogP contribution in [0, 0.1) is 0 Å². The van der Waals surface area contributed by atoms with E-state index in [0.29, 0.717) is 6.04 Å². The Morgan fingerprint density at radius 3 is 2.40 bits per heavy atom. The van der Waals surface area contributed by atoms with E-state index in [4.69, 9.17) is 0 Å². The third-order valence-corrected chi connectivity index (χ3v) is 3.96. The van der Waals surface area contributed by atoms with Crippen molar-refractivity contribution in [3.05, 3.63) is 60.4 Å². The fourth-order valence-corrected chi connectivity index (χ4v) is 2.75. The summed E-state index contributed by atoms with van der Waals surface area (Å²) in [6.45, 7) is 3.22. The zero-order valence-corrected chi connectivity index (χ0v) is 11.7. The van der Waals surface area contributed by atoms with E-state index < -0.39 is 0 Å². The highest BCUT2D eigenvalue weighted by Gasteiger charge is 2.18. The number of benzene rings is 1. The molecule has 3 nitrogen and oxygen atoms in total. The Hall–Kier alpha value is -1.87. The molecule has 0 unspecified atom stereocenters. The van der Waals surface area contributed by atoms with Crippen molar-refractivity contribution in [2.75, 3.05) is 18.0 Å². The zero-order chi connectivity index (χ0) is 13.6. The highest BCUT2D eigenvalue weighted by molar-refractivity contribution is 5.44. The largest absolute Gasteiger partial charge is 0.371 e. The molecule has 2 aromatic rings. The molecule has 1 saturated heterocycles. The normalized spacial score (nSPS) is 16.3. The van der Waals surface area contributed by atoms with Gasteiger partial charge in [-0.1, -0.05) is 30.3 Å². The Bertz CT molecular complexity index is 504. The predicted octanol–water partition coefficient (Wildman–Crippen LogP) is 2.84. The van der Waals surface area contributed by atoms with Crippen LogP contribution in [0.2, 0.25) is 0 Å². The van der Waals surface area contributed by atoms with E-state index >= 15 is 0 Å². The van der Waals surface area contributed by atoms with Crippen LogP contribution in [0.1, 0.15) is 18.4 Å². The highest BCUT2D eigenvalue weighted by Crippen LogP contribution is 2.19. The van der Waals surface area contributed by atoms with E-state index in [1.807, 2.05) is 12.4 Å². The maximum atomic E-state index is 4.08. The van der Waals surface area contributed by atoms with Crippen molar-refractivity contribution < 1.29 is 0 Å². The van der Waals surface area contributed by atoms with Gasteiger partial charge in [-0.2, -0.15) is 0 Å². The smallest absolute Gasteiger partial charge is 0.0397 e. The predicted molar refractivity (Wildman–Crippen MR) is 82.8 cm³/mol. The third-order valence-electron chi connectivity index (χ3n) is 3.96. The number of hydrogen-bond acceptors (Lipinski definition) is 3. The number of pyridine rings is 1. The van der Waals surface area contributed by atoms with Crippen molar-refractivity contribution in [2.24, 2.45) is 0 Å². The molecule has 1 fully saturated rings. The summed E-state index contributed by atoms with van der Waals surface area (Å²) in [5, 5.41) is 3.67. The third kappa shape index (κ3) is 3.36. The molecule has 1 aromatic heterocycles. The maximum absolute atomic E-state index is 4.08. The van der Waals surface area contributed by atoms with Crippen LogP contribution >= 0.6 is 0 Å². The van der Waals surface area contributed by atoms with E-state index in [1.165, 1.54) is 24.1 Å².